The molecule has 2 rings (SSSR count). The van der Waals surface area contributed by atoms with Gasteiger partial charge in [-0.05, 0) is 37.6 Å². The van der Waals surface area contributed by atoms with Crippen LogP contribution in [0.4, 0.5) is 0 Å². The van der Waals surface area contributed by atoms with Gasteiger partial charge in [0.05, 0.1) is 17.3 Å². The highest BCUT2D eigenvalue weighted by Crippen LogP contribution is 2.29. The van der Waals surface area contributed by atoms with Gasteiger partial charge in [0.25, 0.3) is 0 Å². The molecular formula is C16H19ClN2OS. The first kappa shape index (κ1) is 16.1. The zero-order chi connectivity index (χ0) is 15.2. The molecule has 0 aliphatic rings. The SMILES string of the molecule is CC(C)Oc1cncc(C(N)CSc2ccccc2Cl)c1. The molecule has 0 bridgehead atoms. The van der Waals surface area contributed by atoms with Crippen LogP contribution in [0, 0.1) is 0 Å². The summed E-state index contributed by atoms with van der Waals surface area (Å²) in [6.45, 7) is 3.97. The normalized spacial score (nSPS) is 12.4. The van der Waals surface area contributed by atoms with Crippen molar-refractivity contribution in [1.29, 1.82) is 0 Å². The maximum atomic E-state index is 6.23. The number of pyridine rings is 1. The van der Waals surface area contributed by atoms with Crippen molar-refractivity contribution in [3.8, 4) is 5.75 Å². The minimum absolute atomic E-state index is 0.116. The van der Waals surface area contributed by atoms with E-state index in [1.807, 2.05) is 44.2 Å². The van der Waals surface area contributed by atoms with Gasteiger partial charge in [0, 0.05) is 22.9 Å². The number of benzene rings is 1. The molecule has 2 N–H and O–H groups in total. The van der Waals surface area contributed by atoms with Gasteiger partial charge in [0.1, 0.15) is 5.75 Å². The second-order valence-corrected chi connectivity index (χ2v) is 6.44. The van der Waals surface area contributed by atoms with Crippen LogP contribution < -0.4 is 10.5 Å². The second kappa shape index (κ2) is 7.69. The quantitative estimate of drug-likeness (QED) is 0.805. The highest BCUT2D eigenvalue weighted by Gasteiger charge is 2.10. The first-order valence-electron chi connectivity index (χ1n) is 6.81. The number of nitrogens with two attached hydrogens (primary N) is 1. The molecule has 0 aliphatic heterocycles. The van der Waals surface area contributed by atoms with E-state index in [1.165, 1.54) is 0 Å². The van der Waals surface area contributed by atoms with Gasteiger partial charge in [-0.2, -0.15) is 0 Å². The van der Waals surface area contributed by atoms with Crippen LogP contribution in [0.1, 0.15) is 25.5 Å². The molecule has 2 aromatic rings. The Bertz CT molecular complexity index is 592. The number of nitrogens with zero attached hydrogens (tertiary/aromatic N) is 1. The number of thioether (sulfide) groups is 1. The Balaban J connectivity index is 2.00. The minimum Gasteiger partial charge on any atom is -0.489 e. The molecule has 3 nitrogen and oxygen atoms in total. The molecule has 112 valence electrons. The number of halogens is 1. The molecule has 0 amide bonds. The third-order valence-corrected chi connectivity index (χ3v) is 4.42. The van der Waals surface area contributed by atoms with E-state index < -0.39 is 0 Å². The lowest BCUT2D eigenvalue weighted by atomic mass is 10.1. The highest BCUT2D eigenvalue weighted by atomic mass is 35.5. The van der Waals surface area contributed by atoms with Crippen LogP contribution in [0.3, 0.4) is 0 Å². The van der Waals surface area contributed by atoms with E-state index in [1.54, 1.807) is 24.2 Å². The molecule has 0 fully saturated rings. The summed E-state index contributed by atoms with van der Waals surface area (Å²) in [7, 11) is 0. The monoisotopic (exact) mass is 322 g/mol. The molecule has 1 aromatic heterocycles. The number of rotatable bonds is 6. The van der Waals surface area contributed by atoms with Gasteiger partial charge in [-0.15, -0.1) is 11.8 Å². The molecule has 5 heteroatoms. The summed E-state index contributed by atoms with van der Waals surface area (Å²) in [5.74, 6) is 1.48. The van der Waals surface area contributed by atoms with Crippen LogP contribution in [0.5, 0.6) is 5.75 Å². The van der Waals surface area contributed by atoms with Crippen LogP contribution in [0.2, 0.25) is 5.02 Å². The average Bonchev–Trinajstić information content (AvgIpc) is 2.45. The van der Waals surface area contributed by atoms with Crippen molar-refractivity contribution >= 4 is 23.4 Å². The summed E-state index contributed by atoms with van der Waals surface area (Å²) < 4.78 is 5.64. The Morgan fingerprint density at radius 1 is 1.29 bits per heavy atom. The summed E-state index contributed by atoms with van der Waals surface area (Å²) in [6.07, 6.45) is 3.61. The van der Waals surface area contributed by atoms with E-state index >= 15 is 0 Å². The predicted molar refractivity (Wildman–Crippen MR) is 89.1 cm³/mol. The molecular weight excluding hydrogens is 304 g/mol. The third kappa shape index (κ3) is 4.92. The fourth-order valence-electron chi connectivity index (χ4n) is 1.81. The Morgan fingerprint density at radius 2 is 2.05 bits per heavy atom. The fourth-order valence-corrected chi connectivity index (χ4v) is 3.04. The summed E-state index contributed by atoms with van der Waals surface area (Å²) in [6, 6.07) is 9.60. The first-order chi connectivity index (χ1) is 10.1. The van der Waals surface area contributed by atoms with E-state index in [4.69, 9.17) is 22.1 Å². The van der Waals surface area contributed by atoms with Crippen molar-refractivity contribution < 1.29 is 4.74 Å². The molecule has 21 heavy (non-hydrogen) atoms. The van der Waals surface area contributed by atoms with Crippen molar-refractivity contribution in [2.75, 3.05) is 5.75 Å². The maximum Gasteiger partial charge on any atom is 0.138 e. The highest BCUT2D eigenvalue weighted by molar-refractivity contribution is 7.99. The molecule has 0 aliphatic carbocycles. The molecule has 1 aromatic carbocycles. The maximum absolute atomic E-state index is 6.23. The molecule has 0 saturated heterocycles. The van der Waals surface area contributed by atoms with Crippen LogP contribution in [0.15, 0.2) is 47.6 Å². The summed E-state index contributed by atoms with van der Waals surface area (Å²) in [5.41, 5.74) is 7.20. The largest absolute Gasteiger partial charge is 0.489 e. The first-order valence-corrected chi connectivity index (χ1v) is 8.17. The lowest BCUT2D eigenvalue weighted by Crippen LogP contribution is -2.14. The molecule has 1 atom stereocenters. The zero-order valence-electron chi connectivity index (χ0n) is 12.1. The van der Waals surface area contributed by atoms with E-state index in [-0.39, 0.29) is 12.1 Å². The number of aromatic nitrogens is 1. The Labute approximate surface area is 134 Å². The second-order valence-electron chi connectivity index (χ2n) is 4.97. The molecule has 1 heterocycles. The summed E-state index contributed by atoms with van der Waals surface area (Å²) >= 11 is 7.79. The van der Waals surface area contributed by atoms with E-state index in [2.05, 4.69) is 4.98 Å². The van der Waals surface area contributed by atoms with Gasteiger partial charge in [0.15, 0.2) is 0 Å². The number of hydrogen-bond acceptors (Lipinski definition) is 4. The lowest BCUT2D eigenvalue weighted by molar-refractivity contribution is 0.241. The topological polar surface area (TPSA) is 48.1 Å². The summed E-state index contributed by atoms with van der Waals surface area (Å²) in [4.78, 5) is 5.23. The Hall–Kier alpha value is -1.23. The van der Waals surface area contributed by atoms with Gasteiger partial charge >= 0.3 is 0 Å². The molecule has 1 unspecified atom stereocenters. The number of ether oxygens (including phenoxy) is 1. The lowest BCUT2D eigenvalue weighted by Gasteiger charge is -2.14. The van der Waals surface area contributed by atoms with Gasteiger partial charge in [-0.25, -0.2) is 0 Å². The van der Waals surface area contributed by atoms with Gasteiger partial charge < -0.3 is 10.5 Å². The van der Waals surface area contributed by atoms with Gasteiger partial charge in [0.2, 0.25) is 0 Å². The summed E-state index contributed by atoms with van der Waals surface area (Å²) in [5, 5.41) is 0.754. The van der Waals surface area contributed by atoms with Crippen molar-refractivity contribution in [3.63, 3.8) is 0 Å². The smallest absolute Gasteiger partial charge is 0.138 e. The van der Waals surface area contributed by atoms with E-state index in [0.29, 0.717) is 0 Å². The Morgan fingerprint density at radius 3 is 2.76 bits per heavy atom. The third-order valence-electron chi connectivity index (χ3n) is 2.79. The van der Waals surface area contributed by atoms with Crippen molar-refractivity contribution in [2.45, 2.75) is 30.9 Å². The van der Waals surface area contributed by atoms with E-state index in [0.717, 1.165) is 27.0 Å². The molecule has 0 saturated carbocycles. The fraction of sp³-hybridized carbons (Fsp3) is 0.312. The van der Waals surface area contributed by atoms with Crippen LogP contribution in [0.25, 0.3) is 0 Å². The minimum atomic E-state index is -0.116. The Kier molecular flexibility index (Phi) is 5.91. The van der Waals surface area contributed by atoms with Gasteiger partial charge in [-0.1, -0.05) is 23.7 Å². The standard InChI is InChI=1S/C16H19ClN2OS/c1-11(2)20-13-7-12(8-19-9-13)15(18)10-21-16-6-4-3-5-14(16)17/h3-9,11,15H,10,18H2,1-2H3. The van der Waals surface area contributed by atoms with Crippen molar-refractivity contribution in [2.24, 2.45) is 5.73 Å². The average molecular weight is 323 g/mol. The van der Waals surface area contributed by atoms with Crippen molar-refractivity contribution in [1.82, 2.24) is 4.98 Å². The molecule has 0 radical (unpaired) electrons. The van der Waals surface area contributed by atoms with E-state index in [9.17, 15) is 0 Å². The van der Waals surface area contributed by atoms with Crippen LogP contribution in [-0.4, -0.2) is 16.8 Å². The van der Waals surface area contributed by atoms with Gasteiger partial charge in [-0.3, -0.25) is 4.98 Å². The predicted octanol–water partition coefficient (Wildman–Crippen LogP) is 4.31. The van der Waals surface area contributed by atoms with Crippen molar-refractivity contribution in [3.05, 3.63) is 53.3 Å². The molecule has 0 spiro atoms. The van der Waals surface area contributed by atoms with Crippen LogP contribution in [-0.2, 0) is 0 Å². The zero-order valence-corrected chi connectivity index (χ0v) is 13.7. The number of hydrogen-bond donors (Lipinski definition) is 1. The van der Waals surface area contributed by atoms with Crippen LogP contribution >= 0.6 is 23.4 Å².